The zero-order valence-corrected chi connectivity index (χ0v) is 26.9. The van der Waals surface area contributed by atoms with Gasteiger partial charge in [-0.25, -0.2) is 0 Å². The van der Waals surface area contributed by atoms with Crippen molar-refractivity contribution in [3.8, 4) is 0 Å². The van der Waals surface area contributed by atoms with Gasteiger partial charge in [-0.2, -0.15) is 0 Å². The van der Waals surface area contributed by atoms with Crippen LogP contribution >= 0.6 is 0 Å². The predicted octanol–water partition coefficient (Wildman–Crippen LogP) is 2.85. The lowest BCUT2D eigenvalue weighted by Gasteiger charge is -2.48. The van der Waals surface area contributed by atoms with Crippen LogP contribution in [0.4, 0.5) is 0 Å². The third-order valence-corrected chi connectivity index (χ3v) is 8.17. The molecule has 2 rings (SSSR count). The fourth-order valence-electron chi connectivity index (χ4n) is 5.55. The molecule has 1 aliphatic carbocycles. The van der Waals surface area contributed by atoms with Crippen molar-refractivity contribution in [3.05, 3.63) is 34.9 Å². The first-order valence-corrected chi connectivity index (χ1v) is 15.4. The summed E-state index contributed by atoms with van der Waals surface area (Å²) in [5.41, 5.74) is 16.7. The van der Waals surface area contributed by atoms with E-state index in [1.807, 2.05) is 13.1 Å². The molecule has 8 atom stereocenters. The lowest BCUT2D eigenvalue weighted by molar-refractivity contribution is -0.254. The number of nitrogens with zero attached hydrogens (tertiary/aromatic N) is 2. The van der Waals surface area contributed by atoms with Gasteiger partial charge in [0.05, 0.1) is 24.3 Å². The highest BCUT2D eigenvalue weighted by Crippen LogP contribution is 2.30. The molecule has 240 valence electrons. The van der Waals surface area contributed by atoms with Crippen LogP contribution in [-0.2, 0) is 19.0 Å². The Bertz CT molecular complexity index is 948. The van der Waals surface area contributed by atoms with E-state index in [1.165, 1.54) is 21.6 Å². The number of nitrogens with two attached hydrogens (primary N) is 2. The Labute approximate surface area is 253 Å². The third kappa shape index (κ3) is 11.6. The number of likely N-dealkylation sites (N-methyl/N-ethyl adjacent to an activating group) is 2. The fraction of sp³-hybridized carbons (Fsp3) is 0.750. The first-order valence-electron chi connectivity index (χ1n) is 15.4. The number of methoxy groups -OCH3 is 1. The van der Waals surface area contributed by atoms with E-state index >= 15 is 0 Å². The van der Waals surface area contributed by atoms with Gasteiger partial charge in [0.2, 0.25) is 5.91 Å². The number of ether oxygens (including phenoxy) is 3. The highest BCUT2D eigenvalue weighted by molar-refractivity contribution is 5.81. The summed E-state index contributed by atoms with van der Waals surface area (Å²) in [7, 11) is 5.09. The van der Waals surface area contributed by atoms with Crippen LogP contribution in [-0.4, -0.2) is 105 Å². The molecule has 10 heteroatoms. The van der Waals surface area contributed by atoms with Crippen LogP contribution in [0.25, 0.3) is 0 Å². The Morgan fingerprint density at radius 1 is 1.10 bits per heavy atom. The maximum Gasteiger partial charge on any atom is 0.244 e. The molecule has 2 aliphatic rings. The average Bonchev–Trinajstić information content (AvgIpc) is 2.94. The normalized spacial score (nSPS) is 30.9. The van der Waals surface area contributed by atoms with Crippen LogP contribution in [0.2, 0.25) is 0 Å². The zero-order chi connectivity index (χ0) is 31.2. The summed E-state index contributed by atoms with van der Waals surface area (Å²) < 4.78 is 17.9. The van der Waals surface area contributed by atoms with Crippen molar-refractivity contribution in [2.45, 2.75) is 121 Å². The molecular formula is C32H57N5O5. The topological polar surface area (TPSA) is 145 Å². The van der Waals surface area contributed by atoms with Crippen LogP contribution in [0, 0.1) is 0 Å². The minimum Gasteiger partial charge on any atom is -0.388 e. The maximum atomic E-state index is 13.1. The van der Waals surface area contributed by atoms with Crippen molar-refractivity contribution in [1.29, 1.82) is 0 Å². The van der Waals surface area contributed by atoms with Crippen molar-refractivity contribution >= 4 is 12.1 Å². The van der Waals surface area contributed by atoms with Crippen molar-refractivity contribution in [3.63, 3.8) is 0 Å². The average molecular weight is 592 g/mol. The minimum absolute atomic E-state index is 0.0303. The minimum atomic E-state index is -1.09. The van der Waals surface area contributed by atoms with E-state index < -0.39 is 36.7 Å². The van der Waals surface area contributed by atoms with Gasteiger partial charge in [-0.15, -0.1) is 0 Å². The SMILES string of the molecule is CNCC1CCC(N)[C@@H](O[C@H]2C(N)C[C@H](OC)C(N(C)C(=O)CN=C/C=C(\C)CC/C=C(\C)CCC=C(C)C)[C@@H]2O)O1. The van der Waals surface area contributed by atoms with Crippen molar-refractivity contribution < 1.29 is 24.1 Å². The largest absolute Gasteiger partial charge is 0.388 e. The molecule has 1 aliphatic heterocycles. The lowest BCUT2D eigenvalue weighted by atomic mass is 9.83. The van der Waals surface area contributed by atoms with E-state index in [4.69, 9.17) is 25.7 Å². The van der Waals surface area contributed by atoms with Crippen LogP contribution in [0.15, 0.2) is 39.9 Å². The van der Waals surface area contributed by atoms with Gasteiger partial charge in [-0.1, -0.05) is 28.9 Å². The van der Waals surface area contributed by atoms with Gasteiger partial charge in [-0.05, 0) is 85.8 Å². The Morgan fingerprint density at radius 3 is 2.45 bits per heavy atom. The molecule has 0 bridgehead atoms. The highest BCUT2D eigenvalue weighted by Gasteiger charge is 2.48. The Balaban J connectivity index is 1.94. The van der Waals surface area contributed by atoms with Crippen LogP contribution < -0.4 is 16.8 Å². The Hall–Kier alpha value is -1.92. The molecule has 0 radical (unpaired) electrons. The standard InChI is InChI=1S/C32H57N5O5/c1-21(2)10-8-11-22(3)12-9-13-23(4)16-17-36-20-28(38)37(6)29-27(40-7)18-26(34)31(30(29)39)42-32-25(33)15-14-24(41-32)19-35-5/h10,12,16-17,24-27,29-32,35,39H,8-9,11,13-15,18-20,33-34H2,1-7H3/b22-12+,23-16+,36-17?/t24?,25?,26?,27-,29?,30-,31-,32+/m0/s1. The van der Waals surface area contributed by atoms with Crippen LogP contribution in [0.3, 0.4) is 0 Å². The molecule has 0 aromatic carbocycles. The van der Waals surface area contributed by atoms with Gasteiger partial charge in [-0.3, -0.25) is 9.79 Å². The van der Waals surface area contributed by atoms with E-state index in [-0.39, 0.29) is 24.6 Å². The van der Waals surface area contributed by atoms with E-state index in [0.29, 0.717) is 13.0 Å². The maximum absolute atomic E-state index is 13.1. The Morgan fingerprint density at radius 2 is 1.79 bits per heavy atom. The Kier molecular flexibility index (Phi) is 16.1. The number of carbonyl (C=O) groups excluding carboxylic acids is 1. The molecule has 10 nitrogen and oxygen atoms in total. The second-order valence-corrected chi connectivity index (χ2v) is 12.1. The summed E-state index contributed by atoms with van der Waals surface area (Å²) >= 11 is 0. The highest BCUT2D eigenvalue weighted by atomic mass is 16.7. The monoisotopic (exact) mass is 591 g/mol. The number of aliphatic hydroxyl groups excluding tert-OH is 1. The molecule has 1 saturated heterocycles. The second kappa shape index (κ2) is 18.7. The number of allylic oxidation sites excluding steroid dienone is 6. The number of rotatable bonds is 15. The molecular weight excluding hydrogens is 534 g/mol. The molecule has 0 aromatic rings. The molecule has 0 aromatic heterocycles. The van der Waals surface area contributed by atoms with Gasteiger partial charge in [0, 0.05) is 33.0 Å². The number of nitrogens with one attached hydrogen (secondary N) is 1. The first kappa shape index (κ1) is 36.3. The second-order valence-electron chi connectivity index (χ2n) is 12.1. The fourth-order valence-corrected chi connectivity index (χ4v) is 5.55. The number of aliphatic imine (C=N–C) groups is 1. The summed E-state index contributed by atoms with van der Waals surface area (Å²) in [6.07, 6.45) is 11.3. The van der Waals surface area contributed by atoms with Crippen molar-refractivity contribution in [2.24, 2.45) is 16.5 Å². The summed E-state index contributed by atoms with van der Waals surface area (Å²) in [6.45, 7) is 9.15. The summed E-state index contributed by atoms with van der Waals surface area (Å²) in [5, 5.41) is 14.5. The molecule has 1 heterocycles. The molecule has 0 spiro atoms. The summed E-state index contributed by atoms with van der Waals surface area (Å²) in [6, 6.07) is -1.49. The van der Waals surface area contributed by atoms with Crippen molar-refractivity contribution in [2.75, 3.05) is 34.3 Å². The number of hydrogen-bond acceptors (Lipinski definition) is 9. The molecule has 6 N–H and O–H groups in total. The van der Waals surface area contributed by atoms with Gasteiger partial charge in [0.1, 0.15) is 18.8 Å². The number of hydrogen-bond donors (Lipinski definition) is 4. The molecule has 1 amide bonds. The summed E-state index contributed by atoms with van der Waals surface area (Å²) in [4.78, 5) is 18.9. The molecule has 2 fully saturated rings. The lowest BCUT2D eigenvalue weighted by Crippen LogP contribution is -2.66. The van der Waals surface area contributed by atoms with Gasteiger partial charge in [0.25, 0.3) is 0 Å². The smallest absolute Gasteiger partial charge is 0.244 e. The van der Waals surface area contributed by atoms with Crippen LogP contribution in [0.1, 0.15) is 72.6 Å². The number of carbonyl (C=O) groups is 1. The quantitative estimate of drug-likeness (QED) is 0.168. The molecule has 1 saturated carbocycles. The molecule has 42 heavy (non-hydrogen) atoms. The number of aliphatic hydroxyl groups is 1. The van der Waals surface area contributed by atoms with Gasteiger partial charge >= 0.3 is 0 Å². The predicted molar refractivity (Wildman–Crippen MR) is 169 cm³/mol. The van der Waals surface area contributed by atoms with Gasteiger partial charge < -0.3 is 41.0 Å². The first-order chi connectivity index (χ1) is 20.0. The van der Waals surface area contributed by atoms with E-state index in [2.05, 4.69) is 50.2 Å². The zero-order valence-electron chi connectivity index (χ0n) is 26.9. The van der Waals surface area contributed by atoms with Crippen molar-refractivity contribution in [1.82, 2.24) is 10.2 Å². The summed E-state index contributed by atoms with van der Waals surface area (Å²) in [5.74, 6) is -0.229. The third-order valence-electron chi connectivity index (χ3n) is 8.17. The number of amides is 1. The van der Waals surface area contributed by atoms with Gasteiger partial charge in [0.15, 0.2) is 6.29 Å². The molecule has 4 unspecified atom stereocenters. The van der Waals surface area contributed by atoms with E-state index in [1.54, 1.807) is 20.4 Å². The van der Waals surface area contributed by atoms with E-state index in [9.17, 15) is 9.90 Å². The van der Waals surface area contributed by atoms with E-state index in [0.717, 1.165) is 38.5 Å². The van der Waals surface area contributed by atoms with Crippen LogP contribution in [0.5, 0.6) is 0 Å².